The highest BCUT2D eigenvalue weighted by Gasteiger charge is 2.29. The van der Waals surface area contributed by atoms with Crippen LogP contribution >= 0.6 is 39.0 Å². The van der Waals surface area contributed by atoms with Gasteiger partial charge in [0, 0.05) is 36.0 Å². The summed E-state index contributed by atoms with van der Waals surface area (Å²) in [5.74, 6) is 1.73. The van der Waals surface area contributed by atoms with Crippen LogP contribution in [0.15, 0.2) is 14.7 Å². The molecule has 0 radical (unpaired) electrons. The first-order valence-corrected chi connectivity index (χ1v) is 9.32. The van der Waals surface area contributed by atoms with Gasteiger partial charge in [-0.1, -0.05) is 0 Å². The molecule has 0 unspecified atom stereocenters. The van der Waals surface area contributed by atoms with Crippen molar-refractivity contribution in [2.45, 2.75) is 11.4 Å². The highest BCUT2D eigenvalue weighted by molar-refractivity contribution is 9.11. The largest absolute Gasteiger partial charge is 0.326 e. The van der Waals surface area contributed by atoms with E-state index in [1.807, 2.05) is 0 Å². The standard InChI is InChI=1S/C9H13BrN2O2S3/c10-9-8(5-7(6-11)16-9)17(13,14)12-1-3-15-4-2-12/h5H,1-4,6,11H2. The van der Waals surface area contributed by atoms with Gasteiger partial charge in [-0.2, -0.15) is 16.1 Å². The van der Waals surface area contributed by atoms with Crippen LogP contribution < -0.4 is 5.73 Å². The number of nitrogens with zero attached hydrogens (tertiary/aromatic N) is 1. The molecule has 17 heavy (non-hydrogen) atoms. The van der Waals surface area contributed by atoms with Gasteiger partial charge in [0.15, 0.2) is 0 Å². The summed E-state index contributed by atoms with van der Waals surface area (Å²) in [5, 5.41) is 0. The summed E-state index contributed by atoms with van der Waals surface area (Å²) in [7, 11) is -3.35. The summed E-state index contributed by atoms with van der Waals surface area (Å²) in [5.41, 5.74) is 5.53. The topological polar surface area (TPSA) is 63.4 Å². The number of thioether (sulfide) groups is 1. The van der Waals surface area contributed by atoms with Crippen LogP contribution in [0.4, 0.5) is 0 Å². The Balaban J connectivity index is 2.33. The van der Waals surface area contributed by atoms with Crippen molar-refractivity contribution in [2.75, 3.05) is 24.6 Å². The molecular formula is C9H13BrN2O2S3. The number of nitrogens with two attached hydrogens (primary N) is 1. The van der Waals surface area contributed by atoms with Crippen molar-refractivity contribution in [1.29, 1.82) is 0 Å². The fraction of sp³-hybridized carbons (Fsp3) is 0.556. The number of hydrogen-bond donors (Lipinski definition) is 1. The van der Waals surface area contributed by atoms with Gasteiger partial charge in [-0.25, -0.2) is 8.42 Å². The Labute approximate surface area is 118 Å². The highest BCUT2D eigenvalue weighted by Crippen LogP contribution is 2.34. The molecule has 96 valence electrons. The molecule has 0 atom stereocenters. The van der Waals surface area contributed by atoms with Gasteiger partial charge in [-0.15, -0.1) is 11.3 Å². The van der Waals surface area contributed by atoms with Crippen LogP contribution in [-0.4, -0.2) is 37.3 Å². The van der Waals surface area contributed by atoms with E-state index < -0.39 is 10.0 Å². The van der Waals surface area contributed by atoms with E-state index in [0.29, 0.717) is 28.3 Å². The second-order valence-corrected chi connectivity index (χ2v) is 9.16. The Morgan fingerprint density at radius 3 is 2.59 bits per heavy atom. The maximum atomic E-state index is 12.4. The second-order valence-electron chi connectivity index (χ2n) is 3.57. The van der Waals surface area contributed by atoms with Crippen molar-refractivity contribution >= 4 is 49.1 Å². The van der Waals surface area contributed by atoms with Gasteiger partial charge in [0.05, 0.1) is 3.79 Å². The monoisotopic (exact) mass is 356 g/mol. The van der Waals surface area contributed by atoms with Gasteiger partial charge < -0.3 is 5.73 Å². The molecule has 2 N–H and O–H groups in total. The molecule has 2 rings (SSSR count). The molecule has 1 aliphatic heterocycles. The lowest BCUT2D eigenvalue weighted by Crippen LogP contribution is -2.37. The van der Waals surface area contributed by atoms with Gasteiger partial charge in [0.1, 0.15) is 4.90 Å². The third kappa shape index (κ3) is 2.87. The summed E-state index contributed by atoms with van der Waals surface area (Å²) >= 11 is 6.49. The second kappa shape index (κ2) is 5.58. The lowest BCUT2D eigenvalue weighted by molar-refractivity contribution is 0.443. The first-order valence-electron chi connectivity index (χ1n) is 5.12. The van der Waals surface area contributed by atoms with Gasteiger partial charge in [-0.3, -0.25) is 0 Å². The molecule has 0 aromatic carbocycles. The molecule has 2 heterocycles. The maximum Gasteiger partial charge on any atom is 0.245 e. The lowest BCUT2D eigenvalue weighted by atomic mass is 10.5. The van der Waals surface area contributed by atoms with Crippen LogP contribution in [0.1, 0.15) is 4.88 Å². The van der Waals surface area contributed by atoms with E-state index in [9.17, 15) is 8.42 Å². The number of sulfonamides is 1. The van der Waals surface area contributed by atoms with E-state index >= 15 is 0 Å². The Kier molecular flexibility index (Phi) is 4.54. The zero-order valence-corrected chi connectivity index (χ0v) is 13.1. The summed E-state index contributed by atoms with van der Waals surface area (Å²) in [6.07, 6.45) is 0. The Hall–Kier alpha value is 0.400. The molecule has 4 nitrogen and oxygen atoms in total. The Bertz CT molecular complexity index is 494. The van der Waals surface area contributed by atoms with Crippen LogP contribution in [0.2, 0.25) is 0 Å². The van der Waals surface area contributed by atoms with E-state index in [0.717, 1.165) is 16.4 Å². The van der Waals surface area contributed by atoms with E-state index in [4.69, 9.17) is 5.73 Å². The van der Waals surface area contributed by atoms with Gasteiger partial charge in [-0.05, 0) is 22.0 Å². The van der Waals surface area contributed by atoms with Crippen molar-refractivity contribution in [3.63, 3.8) is 0 Å². The zero-order valence-electron chi connectivity index (χ0n) is 9.06. The zero-order chi connectivity index (χ0) is 12.5. The van der Waals surface area contributed by atoms with E-state index in [1.165, 1.54) is 11.3 Å². The van der Waals surface area contributed by atoms with Crippen molar-refractivity contribution in [2.24, 2.45) is 5.73 Å². The highest BCUT2D eigenvalue weighted by atomic mass is 79.9. The minimum absolute atomic E-state index is 0.356. The first-order chi connectivity index (χ1) is 8.05. The molecular weight excluding hydrogens is 344 g/mol. The predicted octanol–water partition coefficient (Wildman–Crippen LogP) is 1.71. The van der Waals surface area contributed by atoms with Crippen LogP contribution in [0, 0.1) is 0 Å². The van der Waals surface area contributed by atoms with E-state index in [2.05, 4.69) is 15.9 Å². The van der Waals surface area contributed by atoms with Crippen molar-refractivity contribution < 1.29 is 8.42 Å². The molecule has 1 fully saturated rings. The average Bonchev–Trinajstić information content (AvgIpc) is 2.72. The third-order valence-corrected chi connectivity index (χ3v) is 7.61. The summed E-state index contributed by atoms with van der Waals surface area (Å²) in [6, 6.07) is 1.67. The number of rotatable bonds is 3. The molecule has 0 spiro atoms. The molecule has 0 aliphatic carbocycles. The average molecular weight is 357 g/mol. The molecule has 1 saturated heterocycles. The van der Waals surface area contributed by atoms with Crippen molar-refractivity contribution in [1.82, 2.24) is 4.31 Å². The SMILES string of the molecule is NCc1cc(S(=O)(=O)N2CCSCC2)c(Br)s1. The normalized spacial score (nSPS) is 18.5. The van der Waals surface area contributed by atoms with Crippen LogP contribution in [0.25, 0.3) is 0 Å². The molecule has 0 saturated carbocycles. The van der Waals surface area contributed by atoms with E-state index in [-0.39, 0.29) is 0 Å². The van der Waals surface area contributed by atoms with Crippen molar-refractivity contribution in [3.8, 4) is 0 Å². The first kappa shape index (κ1) is 13.8. The fourth-order valence-corrected chi connectivity index (χ4v) is 6.69. The summed E-state index contributed by atoms with van der Waals surface area (Å²) in [6.45, 7) is 1.55. The Morgan fingerprint density at radius 2 is 2.06 bits per heavy atom. The number of thiophene rings is 1. The van der Waals surface area contributed by atoms with E-state index in [1.54, 1.807) is 22.1 Å². The molecule has 1 aromatic heterocycles. The summed E-state index contributed by atoms with van der Waals surface area (Å²) < 4.78 is 27.0. The van der Waals surface area contributed by atoms with Crippen molar-refractivity contribution in [3.05, 3.63) is 14.7 Å². The van der Waals surface area contributed by atoms with Gasteiger partial charge >= 0.3 is 0 Å². The fourth-order valence-electron chi connectivity index (χ4n) is 1.60. The predicted molar refractivity (Wildman–Crippen MR) is 76.0 cm³/mol. The van der Waals surface area contributed by atoms with Gasteiger partial charge in [0.2, 0.25) is 10.0 Å². The Morgan fingerprint density at radius 1 is 1.41 bits per heavy atom. The minimum atomic E-state index is -3.35. The molecule has 1 aliphatic rings. The third-order valence-electron chi connectivity index (χ3n) is 2.50. The van der Waals surface area contributed by atoms with Crippen LogP contribution in [-0.2, 0) is 16.6 Å². The maximum absolute atomic E-state index is 12.4. The van der Waals surface area contributed by atoms with Crippen LogP contribution in [0.5, 0.6) is 0 Å². The van der Waals surface area contributed by atoms with Gasteiger partial charge in [0.25, 0.3) is 0 Å². The lowest BCUT2D eigenvalue weighted by Gasteiger charge is -2.25. The number of hydrogen-bond acceptors (Lipinski definition) is 5. The smallest absolute Gasteiger partial charge is 0.245 e. The minimum Gasteiger partial charge on any atom is -0.326 e. The molecule has 0 bridgehead atoms. The number of halogens is 1. The summed E-state index contributed by atoms with van der Waals surface area (Å²) in [4.78, 5) is 1.23. The quantitative estimate of drug-likeness (QED) is 0.895. The van der Waals surface area contributed by atoms with Crippen LogP contribution in [0.3, 0.4) is 0 Å². The molecule has 0 amide bonds. The molecule has 1 aromatic rings. The molecule has 8 heteroatoms.